The first-order valence-electron chi connectivity index (χ1n) is 5.21. The molecular weight excluding hydrogens is 344 g/mol. The second-order valence-corrected chi connectivity index (χ2v) is 5.62. The second-order valence-electron chi connectivity index (χ2n) is 3.85. The number of aryl methyl sites for hydroxylation is 1. The zero-order valence-electron chi connectivity index (χ0n) is 9.32. The minimum absolute atomic E-state index is 0.210. The quantitative estimate of drug-likeness (QED) is 0.885. The van der Waals surface area contributed by atoms with E-state index < -0.39 is 0 Å². The zero-order valence-corrected chi connectivity index (χ0v) is 12.5. The number of hydrogen-bond donors (Lipinski definition) is 1. The Morgan fingerprint density at radius 1 is 1.24 bits per heavy atom. The summed E-state index contributed by atoms with van der Waals surface area (Å²) in [5.74, 6) is 0. The molecule has 2 aromatic rings. The molecule has 0 aliphatic heterocycles. The van der Waals surface area contributed by atoms with Crippen LogP contribution in [0.4, 0.5) is 0 Å². The van der Waals surface area contributed by atoms with Crippen molar-refractivity contribution in [1.82, 2.24) is 4.98 Å². The molecule has 0 saturated carbocycles. The summed E-state index contributed by atoms with van der Waals surface area (Å²) in [5, 5.41) is 0. The van der Waals surface area contributed by atoms with Crippen LogP contribution in [0.2, 0.25) is 0 Å². The monoisotopic (exact) mass is 354 g/mol. The lowest BCUT2D eigenvalue weighted by Crippen LogP contribution is -2.15. The highest BCUT2D eigenvalue weighted by Crippen LogP contribution is 2.28. The number of hydrogen-bond acceptors (Lipinski definition) is 2. The average molecular weight is 356 g/mol. The van der Waals surface area contributed by atoms with Crippen LogP contribution in [0.25, 0.3) is 0 Å². The first kappa shape index (κ1) is 12.7. The van der Waals surface area contributed by atoms with Crippen molar-refractivity contribution < 1.29 is 0 Å². The first-order chi connectivity index (χ1) is 8.09. The Kier molecular flexibility index (Phi) is 3.97. The van der Waals surface area contributed by atoms with E-state index in [-0.39, 0.29) is 6.04 Å². The van der Waals surface area contributed by atoms with E-state index in [0.29, 0.717) is 0 Å². The fraction of sp³-hybridized carbons (Fsp3) is 0.154. The van der Waals surface area contributed by atoms with Crippen LogP contribution in [0, 0.1) is 6.92 Å². The van der Waals surface area contributed by atoms with Crippen LogP contribution in [-0.2, 0) is 0 Å². The van der Waals surface area contributed by atoms with Crippen LogP contribution in [0.5, 0.6) is 0 Å². The molecule has 88 valence electrons. The minimum atomic E-state index is -0.210. The number of benzene rings is 1. The molecule has 1 aromatic heterocycles. The van der Waals surface area contributed by atoms with Gasteiger partial charge >= 0.3 is 0 Å². The third-order valence-corrected chi connectivity index (χ3v) is 3.72. The number of halogens is 2. The van der Waals surface area contributed by atoms with Gasteiger partial charge in [0, 0.05) is 15.1 Å². The van der Waals surface area contributed by atoms with Crippen molar-refractivity contribution in [2.45, 2.75) is 13.0 Å². The van der Waals surface area contributed by atoms with E-state index in [4.69, 9.17) is 5.73 Å². The molecule has 2 rings (SSSR count). The second kappa shape index (κ2) is 5.29. The van der Waals surface area contributed by atoms with Crippen LogP contribution < -0.4 is 5.73 Å². The van der Waals surface area contributed by atoms with Crippen molar-refractivity contribution in [2.75, 3.05) is 0 Å². The molecule has 2 N–H and O–H groups in total. The Bertz CT molecular complexity index is 541. The summed E-state index contributed by atoms with van der Waals surface area (Å²) in [4.78, 5) is 4.38. The van der Waals surface area contributed by atoms with Crippen LogP contribution in [0.3, 0.4) is 0 Å². The van der Waals surface area contributed by atoms with Gasteiger partial charge in [0.15, 0.2) is 0 Å². The Morgan fingerprint density at radius 2 is 1.94 bits per heavy atom. The topological polar surface area (TPSA) is 38.9 Å². The van der Waals surface area contributed by atoms with Gasteiger partial charge in [-0.25, -0.2) is 0 Å². The maximum absolute atomic E-state index is 6.26. The number of aromatic nitrogens is 1. The van der Waals surface area contributed by atoms with Crippen molar-refractivity contribution >= 4 is 31.9 Å². The summed E-state index contributed by atoms with van der Waals surface area (Å²) >= 11 is 6.88. The molecule has 1 aromatic carbocycles. The molecule has 2 nitrogen and oxygen atoms in total. The lowest BCUT2D eigenvalue weighted by Gasteiger charge is -2.15. The predicted octanol–water partition coefficient (Wildman–Crippen LogP) is 3.96. The van der Waals surface area contributed by atoms with Crippen molar-refractivity contribution in [3.8, 4) is 0 Å². The molecule has 4 heteroatoms. The fourth-order valence-corrected chi connectivity index (χ4v) is 2.97. The molecule has 0 bridgehead atoms. The van der Waals surface area contributed by atoms with Gasteiger partial charge in [-0.3, -0.25) is 4.98 Å². The molecular formula is C13H12Br2N2. The predicted molar refractivity (Wildman–Crippen MR) is 76.8 cm³/mol. The smallest absolute Gasteiger partial charge is 0.0759 e. The van der Waals surface area contributed by atoms with E-state index in [1.807, 2.05) is 24.3 Å². The molecule has 1 atom stereocenters. The van der Waals surface area contributed by atoms with Crippen LogP contribution in [0.1, 0.15) is 22.9 Å². The lowest BCUT2D eigenvalue weighted by molar-refractivity contribution is 0.814. The molecule has 0 spiro atoms. The van der Waals surface area contributed by atoms with Gasteiger partial charge < -0.3 is 5.73 Å². The average Bonchev–Trinajstić information content (AvgIpc) is 2.29. The fourth-order valence-electron chi connectivity index (χ4n) is 1.74. The Labute approximate surface area is 118 Å². The number of pyridine rings is 1. The Hall–Kier alpha value is -0.710. The summed E-state index contributed by atoms with van der Waals surface area (Å²) < 4.78 is 1.85. The largest absolute Gasteiger partial charge is 0.319 e. The van der Waals surface area contributed by atoms with E-state index in [1.54, 1.807) is 6.20 Å². The van der Waals surface area contributed by atoms with Gasteiger partial charge in [-0.15, -0.1) is 0 Å². The molecule has 0 radical (unpaired) electrons. The van der Waals surface area contributed by atoms with Gasteiger partial charge in [-0.1, -0.05) is 24.3 Å². The normalized spacial score (nSPS) is 12.5. The minimum Gasteiger partial charge on any atom is -0.319 e. The van der Waals surface area contributed by atoms with Gasteiger partial charge in [-0.05, 0) is 56.0 Å². The molecule has 17 heavy (non-hydrogen) atoms. The number of nitrogens with zero attached hydrogens (tertiary/aromatic N) is 1. The van der Waals surface area contributed by atoms with E-state index in [0.717, 1.165) is 20.2 Å². The third kappa shape index (κ3) is 2.76. The van der Waals surface area contributed by atoms with E-state index >= 15 is 0 Å². The van der Waals surface area contributed by atoms with Gasteiger partial charge in [-0.2, -0.15) is 0 Å². The Balaban J connectivity index is 2.44. The SMILES string of the molecule is Cc1ccccc1C(N)c1ncc(Br)cc1Br. The van der Waals surface area contributed by atoms with Crippen LogP contribution in [0.15, 0.2) is 45.5 Å². The third-order valence-electron chi connectivity index (χ3n) is 2.65. The van der Waals surface area contributed by atoms with Gasteiger partial charge in [0.25, 0.3) is 0 Å². The standard InChI is InChI=1S/C13H12Br2N2/c1-8-4-2-3-5-10(8)12(16)13-11(15)6-9(14)7-17-13/h2-7,12H,16H2,1H3. The highest BCUT2D eigenvalue weighted by atomic mass is 79.9. The first-order valence-corrected chi connectivity index (χ1v) is 6.80. The molecule has 0 saturated heterocycles. The van der Waals surface area contributed by atoms with Gasteiger partial charge in [0.05, 0.1) is 11.7 Å². The summed E-state index contributed by atoms with van der Waals surface area (Å²) in [5.41, 5.74) is 9.39. The Morgan fingerprint density at radius 3 is 2.59 bits per heavy atom. The number of nitrogens with two attached hydrogens (primary N) is 1. The lowest BCUT2D eigenvalue weighted by atomic mass is 9.99. The van der Waals surface area contributed by atoms with Crippen molar-refractivity contribution in [3.63, 3.8) is 0 Å². The summed E-state index contributed by atoms with van der Waals surface area (Å²) in [7, 11) is 0. The maximum Gasteiger partial charge on any atom is 0.0759 e. The van der Waals surface area contributed by atoms with Crippen LogP contribution in [-0.4, -0.2) is 4.98 Å². The highest BCUT2D eigenvalue weighted by Gasteiger charge is 2.15. The highest BCUT2D eigenvalue weighted by molar-refractivity contribution is 9.11. The van der Waals surface area contributed by atoms with Gasteiger partial charge in [0.2, 0.25) is 0 Å². The van der Waals surface area contributed by atoms with E-state index in [2.05, 4.69) is 49.8 Å². The molecule has 1 unspecified atom stereocenters. The van der Waals surface area contributed by atoms with Gasteiger partial charge in [0.1, 0.15) is 0 Å². The summed E-state index contributed by atoms with van der Waals surface area (Å²) in [6.45, 7) is 2.06. The van der Waals surface area contributed by atoms with Crippen LogP contribution >= 0.6 is 31.9 Å². The molecule has 0 fully saturated rings. The van der Waals surface area contributed by atoms with Crippen molar-refractivity contribution in [1.29, 1.82) is 0 Å². The maximum atomic E-state index is 6.26. The zero-order chi connectivity index (χ0) is 12.4. The molecule has 0 amide bonds. The summed E-state index contributed by atoms with van der Waals surface area (Å²) in [6.07, 6.45) is 1.76. The van der Waals surface area contributed by atoms with E-state index in [9.17, 15) is 0 Å². The molecule has 0 aliphatic carbocycles. The summed E-state index contributed by atoms with van der Waals surface area (Å²) in [6, 6.07) is 9.85. The molecule has 1 heterocycles. The number of rotatable bonds is 2. The molecule has 0 aliphatic rings. The van der Waals surface area contributed by atoms with Crippen molar-refractivity contribution in [2.24, 2.45) is 5.73 Å². The van der Waals surface area contributed by atoms with E-state index in [1.165, 1.54) is 5.56 Å². The van der Waals surface area contributed by atoms with Crippen molar-refractivity contribution in [3.05, 3.63) is 62.3 Å².